The van der Waals surface area contributed by atoms with Gasteiger partial charge in [0.1, 0.15) is 5.75 Å². The standard InChI is InChI=1S/C17H16N2O/c1-18-12-13-9-10-19-17(11-13)20-16-8-4-6-14-5-2-3-7-15(14)16/h2-11,18H,12H2,1H3. The second-order valence-corrected chi connectivity index (χ2v) is 4.61. The number of hydrogen-bond acceptors (Lipinski definition) is 3. The maximum absolute atomic E-state index is 5.94. The van der Waals surface area contributed by atoms with Gasteiger partial charge in [-0.15, -0.1) is 0 Å². The highest BCUT2D eigenvalue weighted by atomic mass is 16.5. The van der Waals surface area contributed by atoms with Gasteiger partial charge in [0, 0.05) is 24.2 Å². The van der Waals surface area contributed by atoms with Crippen molar-refractivity contribution in [3.63, 3.8) is 0 Å². The summed E-state index contributed by atoms with van der Waals surface area (Å²) in [5.74, 6) is 1.45. The van der Waals surface area contributed by atoms with Crippen molar-refractivity contribution in [3.8, 4) is 11.6 Å². The van der Waals surface area contributed by atoms with Crippen LogP contribution in [0.25, 0.3) is 10.8 Å². The average Bonchev–Trinajstić information content (AvgIpc) is 2.48. The van der Waals surface area contributed by atoms with E-state index in [4.69, 9.17) is 4.74 Å². The minimum Gasteiger partial charge on any atom is -0.438 e. The van der Waals surface area contributed by atoms with Crippen LogP contribution in [0.3, 0.4) is 0 Å². The molecule has 0 bridgehead atoms. The van der Waals surface area contributed by atoms with Crippen LogP contribution in [0, 0.1) is 0 Å². The number of benzene rings is 2. The Hall–Kier alpha value is -2.39. The first kappa shape index (κ1) is 12.6. The highest BCUT2D eigenvalue weighted by Gasteiger charge is 2.04. The Balaban J connectivity index is 1.95. The van der Waals surface area contributed by atoms with Gasteiger partial charge in [0.2, 0.25) is 5.88 Å². The number of ether oxygens (including phenoxy) is 1. The number of pyridine rings is 1. The summed E-state index contributed by atoms with van der Waals surface area (Å²) >= 11 is 0. The maximum Gasteiger partial charge on any atom is 0.219 e. The molecule has 0 fully saturated rings. The Morgan fingerprint density at radius 2 is 1.90 bits per heavy atom. The molecule has 2 aromatic carbocycles. The van der Waals surface area contributed by atoms with Crippen molar-refractivity contribution in [3.05, 3.63) is 66.4 Å². The number of hydrogen-bond donors (Lipinski definition) is 1. The smallest absolute Gasteiger partial charge is 0.219 e. The quantitative estimate of drug-likeness (QED) is 0.779. The Morgan fingerprint density at radius 3 is 2.80 bits per heavy atom. The van der Waals surface area contributed by atoms with Crippen molar-refractivity contribution >= 4 is 10.8 Å². The summed E-state index contributed by atoms with van der Waals surface area (Å²) in [6, 6.07) is 18.1. The van der Waals surface area contributed by atoms with E-state index in [1.807, 2.05) is 43.4 Å². The van der Waals surface area contributed by atoms with E-state index < -0.39 is 0 Å². The molecule has 1 heterocycles. The zero-order valence-corrected chi connectivity index (χ0v) is 11.3. The lowest BCUT2D eigenvalue weighted by molar-refractivity contribution is 0.467. The molecule has 100 valence electrons. The van der Waals surface area contributed by atoms with E-state index in [-0.39, 0.29) is 0 Å². The third-order valence-electron chi connectivity index (χ3n) is 3.14. The van der Waals surface area contributed by atoms with E-state index in [9.17, 15) is 0 Å². The van der Waals surface area contributed by atoms with Gasteiger partial charge in [-0.2, -0.15) is 0 Å². The van der Waals surface area contributed by atoms with Crippen LogP contribution in [0.5, 0.6) is 11.6 Å². The molecular weight excluding hydrogens is 248 g/mol. The molecular formula is C17H16N2O. The van der Waals surface area contributed by atoms with Crippen molar-refractivity contribution < 1.29 is 4.74 Å². The van der Waals surface area contributed by atoms with E-state index >= 15 is 0 Å². The molecule has 3 aromatic rings. The molecule has 0 spiro atoms. The van der Waals surface area contributed by atoms with Crippen LogP contribution in [0.2, 0.25) is 0 Å². The summed E-state index contributed by atoms with van der Waals surface area (Å²) in [6.07, 6.45) is 1.77. The van der Waals surface area contributed by atoms with Gasteiger partial charge in [-0.1, -0.05) is 36.4 Å². The van der Waals surface area contributed by atoms with Crippen molar-refractivity contribution in [2.45, 2.75) is 6.54 Å². The first-order valence-corrected chi connectivity index (χ1v) is 6.62. The van der Waals surface area contributed by atoms with E-state index in [1.165, 1.54) is 0 Å². The van der Waals surface area contributed by atoms with Crippen LogP contribution in [-0.2, 0) is 6.54 Å². The van der Waals surface area contributed by atoms with Gasteiger partial charge < -0.3 is 10.1 Å². The van der Waals surface area contributed by atoms with Crippen molar-refractivity contribution in [2.24, 2.45) is 0 Å². The summed E-state index contributed by atoms with van der Waals surface area (Å²) in [6.45, 7) is 0.800. The third kappa shape index (κ3) is 2.63. The number of aromatic nitrogens is 1. The molecule has 1 aromatic heterocycles. The second-order valence-electron chi connectivity index (χ2n) is 4.61. The second kappa shape index (κ2) is 5.72. The first-order valence-electron chi connectivity index (χ1n) is 6.62. The maximum atomic E-state index is 5.94. The summed E-state index contributed by atoms with van der Waals surface area (Å²) < 4.78 is 5.94. The molecule has 0 aliphatic rings. The molecule has 0 atom stereocenters. The van der Waals surface area contributed by atoms with Gasteiger partial charge in [0.25, 0.3) is 0 Å². The average molecular weight is 264 g/mol. The van der Waals surface area contributed by atoms with Crippen molar-refractivity contribution in [1.29, 1.82) is 0 Å². The van der Waals surface area contributed by atoms with Gasteiger partial charge in [0.15, 0.2) is 0 Å². The number of rotatable bonds is 4. The van der Waals surface area contributed by atoms with Crippen LogP contribution < -0.4 is 10.1 Å². The molecule has 0 saturated heterocycles. The Labute approximate surface area is 118 Å². The monoisotopic (exact) mass is 264 g/mol. The number of nitrogens with zero attached hydrogens (tertiary/aromatic N) is 1. The van der Waals surface area contributed by atoms with Gasteiger partial charge in [-0.25, -0.2) is 4.98 Å². The minimum absolute atomic E-state index is 0.620. The summed E-state index contributed by atoms with van der Waals surface area (Å²) in [5.41, 5.74) is 1.15. The molecule has 0 aliphatic carbocycles. The minimum atomic E-state index is 0.620. The fourth-order valence-electron chi connectivity index (χ4n) is 2.22. The molecule has 0 unspecified atom stereocenters. The van der Waals surface area contributed by atoms with E-state index in [1.54, 1.807) is 6.20 Å². The lowest BCUT2D eigenvalue weighted by Gasteiger charge is -2.09. The van der Waals surface area contributed by atoms with Crippen LogP contribution >= 0.6 is 0 Å². The van der Waals surface area contributed by atoms with Gasteiger partial charge in [0.05, 0.1) is 0 Å². The first-order chi connectivity index (χ1) is 9.86. The van der Waals surface area contributed by atoms with Gasteiger partial charge in [-0.3, -0.25) is 0 Å². The van der Waals surface area contributed by atoms with Crippen LogP contribution in [0.1, 0.15) is 5.56 Å². The molecule has 0 amide bonds. The predicted molar refractivity (Wildman–Crippen MR) is 81.0 cm³/mol. The van der Waals surface area contributed by atoms with Gasteiger partial charge >= 0.3 is 0 Å². The Bertz CT molecular complexity index is 720. The fraction of sp³-hybridized carbons (Fsp3) is 0.118. The molecule has 3 heteroatoms. The molecule has 3 rings (SSSR count). The zero-order valence-electron chi connectivity index (χ0n) is 11.3. The topological polar surface area (TPSA) is 34.2 Å². The predicted octanol–water partition coefficient (Wildman–Crippen LogP) is 3.75. The number of fused-ring (bicyclic) bond motifs is 1. The molecule has 0 radical (unpaired) electrons. The molecule has 1 N–H and O–H groups in total. The highest BCUT2D eigenvalue weighted by molar-refractivity contribution is 5.88. The third-order valence-corrected chi connectivity index (χ3v) is 3.14. The van der Waals surface area contributed by atoms with Crippen molar-refractivity contribution in [1.82, 2.24) is 10.3 Å². The highest BCUT2D eigenvalue weighted by Crippen LogP contribution is 2.28. The van der Waals surface area contributed by atoms with E-state index in [2.05, 4.69) is 28.5 Å². The van der Waals surface area contributed by atoms with Crippen molar-refractivity contribution in [2.75, 3.05) is 7.05 Å². The Morgan fingerprint density at radius 1 is 1.05 bits per heavy atom. The summed E-state index contributed by atoms with van der Waals surface area (Å²) in [5, 5.41) is 5.38. The Kier molecular flexibility index (Phi) is 3.61. The van der Waals surface area contributed by atoms with Crippen LogP contribution in [-0.4, -0.2) is 12.0 Å². The lowest BCUT2D eigenvalue weighted by Crippen LogP contribution is -2.05. The van der Waals surface area contributed by atoms with E-state index in [0.29, 0.717) is 5.88 Å². The molecule has 20 heavy (non-hydrogen) atoms. The zero-order chi connectivity index (χ0) is 13.8. The largest absolute Gasteiger partial charge is 0.438 e. The number of nitrogens with one attached hydrogen (secondary N) is 1. The molecule has 0 aliphatic heterocycles. The lowest BCUT2D eigenvalue weighted by atomic mass is 10.1. The van der Waals surface area contributed by atoms with Crippen LogP contribution in [0.15, 0.2) is 60.8 Å². The van der Waals surface area contributed by atoms with Gasteiger partial charge in [-0.05, 0) is 30.1 Å². The molecule has 0 saturated carbocycles. The van der Waals surface area contributed by atoms with E-state index in [0.717, 1.165) is 28.6 Å². The molecule has 3 nitrogen and oxygen atoms in total. The fourth-order valence-corrected chi connectivity index (χ4v) is 2.22. The SMILES string of the molecule is CNCc1ccnc(Oc2cccc3ccccc23)c1. The van der Waals surface area contributed by atoms with Crippen LogP contribution in [0.4, 0.5) is 0 Å². The summed E-state index contributed by atoms with van der Waals surface area (Å²) in [4.78, 5) is 4.27. The normalized spacial score (nSPS) is 10.7. The summed E-state index contributed by atoms with van der Waals surface area (Å²) in [7, 11) is 1.92.